The van der Waals surface area contributed by atoms with E-state index in [1.54, 1.807) is 32.3 Å². The van der Waals surface area contributed by atoms with Crippen LogP contribution in [-0.4, -0.2) is 22.9 Å². The van der Waals surface area contributed by atoms with Gasteiger partial charge in [-0.05, 0) is 66.1 Å². The molecule has 33 heavy (non-hydrogen) atoms. The molecule has 0 spiro atoms. The van der Waals surface area contributed by atoms with E-state index >= 15 is 0 Å². The SMILES string of the molecule is CNc1ncc2cc(-c3cc(C(=O)Nc4cccc(C(F)(F)F)c4)c(F)cc3C)ccc2n1. The van der Waals surface area contributed by atoms with E-state index in [1.165, 1.54) is 24.3 Å². The second-order valence-electron chi connectivity index (χ2n) is 7.40. The molecule has 0 aliphatic rings. The highest BCUT2D eigenvalue weighted by Gasteiger charge is 2.30. The van der Waals surface area contributed by atoms with Crippen LogP contribution in [0.25, 0.3) is 22.0 Å². The first-order valence-corrected chi connectivity index (χ1v) is 9.89. The lowest BCUT2D eigenvalue weighted by atomic mass is 9.96. The number of hydrogen-bond acceptors (Lipinski definition) is 4. The number of rotatable bonds is 4. The van der Waals surface area contributed by atoms with E-state index in [0.29, 0.717) is 28.2 Å². The van der Waals surface area contributed by atoms with Crippen LogP contribution in [0.5, 0.6) is 0 Å². The number of nitrogens with zero attached hydrogens (tertiary/aromatic N) is 2. The van der Waals surface area contributed by atoms with Crippen LogP contribution in [0.15, 0.2) is 60.8 Å². The topological polar surface area (TPSA) is 66.9 Å². The van der Waals surface area contributed by atoms with Gasteiger partial charge in [0.2, 0.25) is 5.95 Å². The van der Waals surface area contributed by atoms with Gasteiger partial charge in [0.05, 0.1) is 16.6 Å². The van der Waals surface area contributed by atoms with Crippen LogP contribution in [-0.2, 0) is 6.18 Å². The molecule has 0 radical (unpaired) electrons. The molecule has 9 heteroatoms. The fraction of sp³-hybridized carbons (Fsp3) is 0.125. The monoisotopic (exact) mass is 454 g/mol. The van der Waals surface area contributed by atoms with Gasteiger partial charge in [0.25, 0.3) is 5.91 Å². The highest BCUT2D eigenvalue weighted by Crippen LogP contribution is 2.32. The first-order valence-electron chi connectivity index (χ1n) is 9.89. The number of halogens is 4. The zero-order chi connectivity index (χ0) is 23.8. The van der Waals surface area contributed by atoms with Crippen molar-refractivity contribution in [1.29, 1.82) is 0 Å². The molecule has 0 aliphatic heterocycles. The average Bonchev–Trinajstić information content (AvgIpc) is 2.78. The maximum atomic E-state index is 14.6. The number of fused-ring (bicyclic) bond motifs is 1. The van der Waals surface area contributed by atoms with Gasteiger partial charge < -0.3 is 10.6 Å². The molecule has 0 saturated carbocycles. The van der Waals surface area contributed by atoms with Gasteiger partial charge >= 0.3 is 6.18 Å². The molecule has 2 N–H and O–H groups in total. The number of nitrogens with one attached hydrogen (secondary N) is 2. The number of benzene rings is 3. The molecule has 0 bridgehead atoms. The third-order valence-corrected chi connectivity index (χ3v) is 5.12. The number of carbonyl (C=O) groups is 1. The van der Waals surface area contributed by atoms with Crippen molar-refractivity contribution in [3.05, 3.63) is 83.3 Å². The minimum Gasteiger partial charge on any atom is -0.357 e. The Hall–Kier alpha value is -4.01. The van der Waals surface area contributed by atoms with Crippen molar-refractivity contribution in [3.63, 3.8) is 0 Å². The number of amides is 1. The van der Waals surface area contributed by atoms with Crippen LogP contribution >= 0.6 is 0 Å². The van der Waals surface area contributed by atoms with E-state index in [2.05, 4.69) is 20.6 Å². The zero-order valence-corrected chi connectivity index (χ0v) is 17.6. The molecule has 0 unspecified atom stereocenters. The van der Waals surface area contributed by atoms with Crippen LogP contribution in [0.2, 0.25) is 0 Å². The molecule has 0 saturated heterocycles. The summed E-state index contributed by atoms with van der Waals surface area (Å²) < 4.78 is 53.5. The Labute approximate surface area is 186 Å². The first kappa shape index (κ1) is 22.2. The fourth-order valence-electron chi connectivity index (χ4n) is 3.45. The maximum Gasteiger partial charge on any atom is 0.416 e. The molecule has 1 heterocycles. The summed E-state index contributed by atoms with van der Waals surface area (Å²) in [5, 5.41) is 5.96. The van der Waals surface area contributed by atoms with Gasteiger partial charge in [0.1, 0.15) is 5.82 Å². The number of aromatic nitrogens is 2. The second-order valence-corrected chi connectivity index (χ2v) is 7.40. The number of aryl methyl sites for hydroxylation is 1. The van der Waals surface area contributed by atoms with Gasteiger partial charge in [-0.3, -0.25) is 4.79 Å². The summed E-state index contributed by atoms with van der Waals surface area (Å²) in [7, 11) is 1.71. The minimum atomic E-state index is -4.56. The second kappa shape index (κ2) is 8.50. The van der Waals surface area contributed by atoms with Gasteiger partial charge in [-0.25, -0.2) is 14.4 Å². The summed E-state index contributed by atoms with van der Waals surface area (Å²) in [5.74, 6) is -1.15. The number of hydrogen-bond donors (Lipinski definition) is 2. The zero-order valence-electron chi connectivity index (χ0n) is 17.6. The standard InChI is InChI=1S/C24H18F4N4O/c1-13-8-20(25)19(22(33)31-17-5-3-4-16(10-17)24(26,27)28)11-18(13)14-6-7-21-15(9-14)12-30-23(29-2)32-21/h3-12H,1-2H3,(H,31,33)(H,29,30,32). The van der Waals surface area contributed by atoms with Crippen LogP contribution < -0.4 is 10.6 Å². The van der Waals surface area contributed by atoms with Crippen LogP contribution in [0.3, 0.4) is 0 Å². The van der Waals surface area contributed by atoms with Crippen LogP contribution in [0.4, 0.5) is 29.2 Å². The van der Waals surface area contributed by atoms with E-state index in [-0.39, 0.29) is 11.3 Å². The molecular formula is C24H18F4N4O. The molecule has 4 rings (SSSR count). The van der Waals surface area contributed by atoms with E-state index in [1.807, 2.05) is 6.07 Å². The maximum absolute atomic E-state index is 14.6. The summed E-state index contributed by atoms with van der Waals surface area (Å²) >= 11 is 0. The average molecular weight is 454 g/mol. The van der Waals surface area contributed by atoms with Crippen molar-refractivity contribution in [2.75, 3.05) is 17.7 Å². The summed E-state index contributed by atoms with van der Waals surface area (Å²) in [5.41, 5.74) is 1.34. The quantitative estimate of drug-likeness (QED) is 0.368. The van der Waals surface area contributed by atoms with Crippen molar-refractivity contribution in [2.24, 2.45) is 0 Å². The van der Waals surface area contributed by atoms with E-state index < -0.39 is 23.5 Å². The van der Waals surface area contributed by atoms with Crippen LogP contribution in [0, 0.1) is 12.7 Å². The largest absolute Gasteiger partial charge is 0.416 e. The molecule has 0 aliphatic carbocycles. The van der Waals surface area contributed by atoms with Gasteiger partial charge in [-0.1, -0.05) is 12.1 Å². The molecule has 0 atom stereocenters. The normalized spacial score (nSPS) is 11.5. The predicted octanol–water partition coefficient (Wildman–Crippen LogP) is 6.06. The number of carbonyl (C=O) groups excluding carboxylic acids is 1. The Morgan fingerprint density at radius 2 is 1.82 bits per heavy atom. The summed E-state index contributed by atoms with van der Waals surface area (Å²) in [6.45, 7) is 1.71. The molecule has 0 fully saturated rings. The van der Waals surface area contributed by atoms with E-state index in [0.717, 1.165) is 17.5 Å². The third kappa shape index (κ3) is 4.62. The Bertz CT molecular complexity index is 1370. The third-order valence-electron chi connectivity index (χ3n) is 5.12. The van der Waals surface area contributed by atoms with Crippen LogP contribution in [0.1, 0.15) is 21.5 Å². The van der Waals surface area contributed by atoms with Gasteiger partial charge in [0.15, 0.2) is 0 Å². The lowest BCUT2D eigenvalue weighted by molar-refractivity contribution is -0.137. The summed E-state index contributed by atoms with van der Waals surface area (Å²) in [6, 6.07) is 12.2. The minimum absolute atomic E-state index is 0.0838. The highest BCUT2D eigenvalue weighted by molar-refractivity contribution is 6.05. The lowest BCUT2D eigenvalue weighted by Crippen LogP contribution is -2.15. The summed E-state index contributed by atoms with van der Waals surface area (Å²) in [6.07, 6.45) is -2.91. The molecule has 1 amide bonds. The van der Waals surface area contributed by atoms with E-state index in [9.17, 15) is 22.4 Å². The fourth-order valence-corrected chi connectivity index (χ4v) is 3.45. The molecule has 1 aromatic heterocycles. The first-order chi connectivity index (χ1) is 15.7. The predicted molar refractivity (Wildman–Crippen MR) is 119 cm³/mol. The molecular weight excluding hydrogens is 436 g/mol. The smallest absolute Gasteiger partial charge is 0.357 e. The summed E-state index contributed by atoms with van der Waals surface area (Å²) in [4.78, 5) is 21.3. The molecule has 5 nitrogen and oxygen atoms in total. The number of alkyl halides is 3. The van der Waals surface area contributed by atoms with Crippen molar-refractivity contribution in [3.8, 4) is 11.1 Å². The van der Waals surface area contributed by atoms with Gasteiger partial charge in [-0.15, -0.1) is 0 Å². The molecule has 168 valence electrons. The van der Waals surface area contributed by atoms with Gasteiger partial charge in [0, 0.05) is 24.3 Å². The van der Waals surface area contributed by atoms with Crippen molar-refractivity contribution < 1.29 is 22.4 Å². The Morgan fingerprint density at radius 1 is 1.03 bits per heavy atom. The van der Waals surface area contributed by atoms with Crippen molar-refractivity contribution in [2.45, 2.75) is 13.1 Å². The number of anilines is 2. The highest BCUT2D eigenvalue weighted by atomic mass is 19.4. The van der Waals surface area contributed by atoms with Crippen molar-refractivity contribution in [1.82, 2.24) is 9.97 Å². The Balaban J connectivity index is 1.69. The Morgan fingerprint density at radius 3 is 2.55 bits per heavy atom. The molecule has 4 aromatic rings. The molecule has 3 aromatic carbocycles. The van der Waals surface area contributed by atoms with Crippen molar-refractivity contribution >= 4 is 28.4 Å². The van der Waals surface area contributed by atoms with Gasteiger partial charge in [-0.2, -0.15) is 13.2 Å². The lowest BCUT2D eigenvalue weighted by Gasteiger charge is -2.13. The van der Waals surface area contributed by atoms with E-state index in [4.69, 9.17) is 0 Å². The Kier molecular flexibility index (Phi) is 5.71.